The van der Waals surface area contributed by atoms with E-state index in [4.69, 9.17) is 0 Å². The van der Waals surface area contributed by atoms with Crippen LogP contribution in [0.5, 0.6) is 0 Å². The van der Waals surface area contributed by atoms with Crippen LogP contribution < -0.4 is 10.6 Å². The van der Waals surface area contributed by atoms with Crippen molar-refractivity contribution in [3.63, 3.8) is 0 Å². The Labute approximate surface area is 115 Å². The Balaban J connectivity index is 2.01. The van der Waals surface area contributed by atoms with E-state index >= 15 is 0 Å². The summed E-state index contributed by atoms with van der Waals surface area (Å²) in [5.74, 6) is 0.753. The lowest BCUT2D eigenvalue weighted by Gasteiger charge is -2.21. The highest BCUT2D eigenvalue weighted by Gasteiger charge is 2.30. The van der Waals surface area contributed by atoms with Crippen molar-refractivity contribution in [2.45, 2.75) is 19.3 Å². The van der Waals surface area contributed by atoms with E-state index in [0.29, 0.717) is 12.2 Å². The van der Waals surface area contributed by atoms with Crippen molar-refractivity contribution in [1.82, 2.24) is 9.97 Å². The van der Waals surface area contributed by atoms with Gasteiger partial charge < -0.3 is 10.6 Å². The van der Waals surface area contributed by atoms with Crippen LogP contribution in [-0.4, -0.2) is 22.4 Å². The molecular formula is C13H14N4OS. The molecular weight excluding hydrogens is 260 g/mol. The molecule has 3 heterocycles. The molecule has 0 saturated carbocycles. The lowest BCUT2D eigenvalue weighted by Crippen LogP contribution is -2.22. The number of nitrogens with one attached hydrogen (secondary N) is 2. The van der Waals surface area contributed by atoms with E-state index in [1.54, 1.807) is 17.5 Å². The van der Waals surface area contributed by atoms with Gasteiger partial charge >= 0.3 is 0 Å². The Morgan fingerprint density at radius 2 is 2.47 bits per heavy atom. The summed E-state index contributed by atoms with van der Waals surface area (Å²) in [6.45, 7) is 2.84. The average molecular weight is 274 g/mol. The molecule has 0 bridgehead atoms. The van der Waals surface area contributed by atoms with Crippen LogP contribution in [0, 0.1) is 0 Å². The van der Waals surface area contributed by atoms with E-state index in [1.807, 2.05) is 25.3 Å². The van der Waals surface area contributed by atoms with Crippen LogP contribution in [0.15, 0.2) is 24.5 Å². The largest absolute Gasteiger partial charge is 0.362 e. The topological polar surface area (TPSA) is 66.9 Å². The highest BCUT2D eigenvalue weighted by Crippen LogP contribution is 2.41. The number of hydrogen-bond donors (Lipinski definition) is 2. The summed E-state index contributed by atoms with van der Waals surface area (Å²) in [6.07, 6.45) is 4.01. The molecule has 0 spiro atoms. The average Bonchev–Trinajstić information content (AvgIpc) is 2.81. The van der Waals surface area contributed by atoms with Crippen molar-refractivity contribution in [2.75, 3.05) is 17.2 Å². The van der Waals surface area contributed by atoms with Crippen LogP contribution >= 0.6 is 11.3 Å². The Morgan fingerprint density at radius 1 is 1.58 bits per heavy atom. The number of rotatable bonds is 3. The molecule has 2 aromatic rings. The lowest BCUT2D eigenvalue weighted by molar-refractivity contribution is -0.116. The first kappa shape index (κ1) is 12.1. The number of nitrogens with zero attached hydrogens (tertiary/aromatic N) is 2. The smallest absolute Gasteiger partial charge is 0.226 e. The summed E-state index contributed by atoms with van der Waals surface area (Å²) in [6, 6.07) is 3.90. The summed E-state index contributed by atoms with van der Waals surface area (Å²) in [5.41, 5.74) is 1.06. The fraction of sp³-hybridized carbons (Fsp3) is 0.308. The summed E-state index contributed by atoms with van der Waals surface area (Å²) in [5, 5.41) is 6.88. The number of pyridine rings is 1. The van der Waals surface area contributed by atoms with Crippen LogP contribution in [0.2, 0.25) is 0 Å². The Hall–Kier alpha value is -1.95. The molecule has 0 aromatic carbocycles. The van der Waals surface area contributed by atoms with Crippen LogP contribution in [0.4, 0.5) is 10.9 Å². The first-order valence-corrected chi connectivity index (χ1v) is 7.04. The predicted molar refractivity (Wildman–Crippen MR) is 75.6 cm³/mol. The first-order valence-electron chi connectivity index (χ1n) is 6.22. The van der Waals surface area contributed by atoms with Crippen LogP contribution in [0.25, 0.3) is 0 Å². The van der Waals surface area contributed by atoms with Gasteiger partial charge in [0.25, 0.3) is 0 Å². The third-order valence-corrected chi connectivity index (χ3v) is 4.16. The minimum Gasteiger partial charge on any atom is -0.362 e. The van der Waals surface area contributed by atoms with Gasteiger partial charge in [-0.1, -0.05) is 17.4 Å². The quantitative estimate of drug-likeness (QED) is 0.902. The Bertz CT molecular complexity index is 596. The number of fused-ring (bicyclic) bond motifs is 1. The van der Waals surface area contributed by atoms with E-state index < -0.39 is 0 Å². The maximum absolute atomic E-state index is 11.8. The zero-order valence-corrected chi connectivity index (χ0v) is 11.3. The summed E-state index contributed by atoms with van der Waals surface area (Å²) in [7, 11) is 0. The van der Waals surface area contributed by atoms with E-state index in [-0.39, 0.29) is 11.8 Å². The summed E-state index contributed by atoms with van der Waals surface area (Å²) < 4.78 is 0. The number of carbonyl (C=O) groups is 1. The molecule has 1 amide bonds. The summed E-state index contributed by atoms with van der Waals surface area (Å²) in [4.78, 5) is 21.4. The van der Waals surface area contributed by atoms with Gasteiger partial charge in [-0.3, -0.25) is 9.78 Å². The van der Waals surface area contributed by atoms with Gasteiger partial charge in [-0.25, -0.2) is 4.98 Å². The second-order valence-electron chi connectivity index (χ2n) is 4.35. The molecule has 3 rings (SSSR count). The van der Waals surface area contributed by atoms with Gasteiger partial charge in [0.2, 0.25) is 5.91 Å². The normalized spacial score (nSPS) is 17.7. The standard InChI is InChI=1S/C13H14N4OS/c1-2-15-13-17-12-11(19-13)9(6-10(18)16-12)8-4-3-5-14-7-8/h3-5,7,9H,2,6H2,1H3,(H,15,17)(H,16,18)/t9-/m1/s1. The summed E-state index contributed by atoms with van der Waals surface area (Å²) >= 11 is 1.60. The molecule has 0 saturated heterocycles. The maximum Gasteiger partial charge on any atom is 0.226 e. The molecule has 19 heavy (non-hydrogen) atoms. The zero-order valence-electron chi connectivity index (χ0n) is 10.5. The molecule has 1 aliphatic heterocycles. The minimum absolute atomic E-state index is 0.00898. The molecule has 0 radical (unpaired) electrons. The third-order valence-electron chi connectivity index (χ3n) is 3.03. The van der Waals surface area contributed by atoms with Gasteiger partial charge in [0.15, 0.2) is 5.13 Å². The van der Waals surface area contributed by atoms with Crippen molar-refractivity contribution >= 4 is 28.2 Å². The van der Waals surface area contributed by atoms with E-state index in [0.717, 1.165) is 22.1 Å². The lowest BCUT2D eigenvalue weighted by atomic mass is 9.93. The highest BCUT2D eigenvalue weighted by molar-refractivity contribution is 7.16. The van der Waals surface area contributed by atoms with E-state index in [2.05, 4.69) is 20.6 Å². The first-order chi connectivity index (χ1) is 9.28. The van der Waals surface area contributed by atoms with Crippen molar-refractivity contribution in [1.29, 1.82) is 0 Å². The molecule has 0 aliphatic carbocycles. The minimum atomic E-state index is 0.00898. The van der Waals surface area contributed by atoms with Gasteiger partial charge in [0.05, 0.1) is 4.88 Å². The van der Waals surface area contributed by atoms with Crippen molar-refractivity contribution in [3.05, 3.63) is 35.0 Å². The number of amides is 1. The van der Waals surface area contributed by atoms with Gasteiger partial charge in [-0.05, 0) is 18.6 Å². The van der Waals surface area contributed by atoms with Crippen molar-refractivity contribution < 1.29 is 4.79 Å². The fourth-order valence-electron chi connectivity index (χ4n) is 2.20. The van der Waals surface area contributed by atoms with Crippen LogP contribution in [-0.2, 0) is 4.79 Å². The van der Waals surface area contributed by atoms with Gasteiger partial charge in [0, 0.05) is 31.3 Å². The fourth-order valence-corrected chi connectivity index (χ4v) is 3.31. The maximum atomic E-state index is 11.8. The molecule has 2 aromatic heterocycles. The van der Waals surface area contributed by atoms with E-state index in [1.165, 1.54) is 0 Å². The second-order valence-corrected chi connectivity index (χ2v) is 5.38. The predicted octanol–water partition coefficient (Wildman–Crippen LogP) is 2.44. The highest BCUT2D eigenvalue weighted by atomic mass is 32.1. The van der Waals surface area contributed by atoms with Crippen LogP contribution in [0.1, 0.15) is 29.7 Å². The molecule has 0 unspecified atom stereocenters. The zero-order chi connectivity index (χ0) is 13.2. The molecule has 5 nitrogen and oxygen atoms in total. The number of aromatic nitrogens is 2. The number of hydrogen-bond acceptors (Lipinski definition) is 5. The van der Waals surface area contributed by atoms with Gasteiger partial charge in [-0.2, -0.15) is 0 Å². The van der Waals surface area contributed by atoms with Crippen LogP contribution in [0.3, 0.4) is 0 Å². The van der Waals surface area contributed by atoms with Gasteiger partial charge in [-0.15, -0.1) is 0 Å². The van der Waals surface area contributed by atoms with Crippen molar-refractivity contribution in [3.8, 4) is 0 Å². The number of thiazole rings is 1. The van der Waals surface area contributed by atoms with Gasteiger partial charge in [0.1, 0.15) is 5.82 Å². The molecule has 98 valence electrons. The van der Waals surface area contributed by atoms with E-state index in [9.17, 15) is 4.79 Å². The Morgan fingerprint density at radius 3 is 3.21 bits per heavy atom. The van der Waals surface area contributed by atoms with Crippen molar-refractivity contribution in [2.24, 2.45) is 0 Å². The molecule has 6 heteroatoms. The monoisotopic (exact) mass is 274 g/mol. The second kappa shape index (κ2) is 4.97. The number of anilines is 2. The molecule has 0 fully saturated rings. The Kier molecular flexibility index (Phi) is 3.16. The molecule has 1 aliphatic rings. The number of carbonyl (C=O) groups excluding carboxylic acids is 1. The molecule has 1 atom stereocenters. The SMILES string of the molecule is CCNc1nc2c(s1)[C@@H](c1cccnc1)CC(=O)N2. The third kappa shape index (κ3) is 2.31. The molecule has 2 N–H and O–H groups in total.